The molecule has 1 aromatic heterocycles. The Hall–Kier alpha value is -2.11. The maximum atomic E-state index is 14.0. The number of pyridine rings is 1. The van der Waals surface area contributed by atoms with E-state index in [0.29, 0.717) is 37.4 Å². The fourth-order valence-electron chi connectivity index (χ4n) is 5.12. The van der Waals surface area contributed by atoms with E-state index >= 15 is 0 Å². The van der Waals surface area contributed by atoms with Crippen LogP contribution in [-0.2, 0) is 6.54 Å². The summed E-state index contributed by atoms with van der Waals surface area (Å²) in [7, 11) is -1.53. The summed E-state index contributed by atoms with van der Waals surface area (Å²) in [6.45, 7) is 3.93. The van der Waals surface area contributed by atoms with Crippen molar-refractivity contribution in [1.82, 2.24) is 14.2 Å². The molecule has 2 aromatic rings. The summed E-state index contributed by atoms with van der Waals surface area (Å²) in [5.41, 5.74) is 0.794. The molecule has 2 aliphatic heterocycles. The average molecular weight is 479 g/mol. The first-order valence-electron chi connectivity index (χ1n) is 11.3. The molecule has 0 unspecified atom stereocenters. The number of anilines is 1. The molecule has 8 nitrogen and oxygen atoms in total. The van der Waals surface area contributed by atoms with E-state index in [-0.39, 0.29) is 17.9 Å². The summed E-state index contributed by atoms with van der Waals surface area (Å²) in [5.74, 6) is 0.133. The number of halogens is 1. The molecule has 0 bridgehead atoms. The Labute approximate surface area is 195 Å². The number of likely N-dealkylation sites (N-methyl/N-ethyl adjacent to an activating group) is 1. The van der Waals surface area contributed by atoms with Crippen LogP contribution in [0.3, 0.4) is 0 Å². The second-order valence-corrected chi connectivity index (χ2v) is 11.5. The van der Waals surface area contributed by atoms with Crippen molar-refractivity contribution in [2.24, 2.45) is 0 Å². The second kappa shape index (κ2) is 8.28. The molecule has 0 radical (unpaired) electrons. The molecule has 3 aliphatic rings. The summed E-state index contributed by atoms with van der Waals surface area (Å²) in [6, 6.07) is 8.00. The number of ether oxygens (including phenoxy) is 1. The van der Waals surface area contributed by atoms with Gasteiger partial charge in [0.15, 0.2) is 11.5 Å². The molecule has 3 fully saturated rings. The van der Waals surface area contributed by atoms with E-state index < -0.39 is 22.3 Å². The molecule has 3 heterocycles. The van der Waals surface area contributed by atoms with Gasteiger partial charge in [-0.25, -0.2) is 4.39 Å². The SMILES string of the molecule is C[C@H]1C[C@]2(CCN1Cc1cc(OC3CC3)c(O)cn1)CN(C)S(O)(O)N2c1cccc(F)c1. The lowest BCUT2D eigenvalue weighted by molar-refractivity contribution is 0.0991. The highest BCUT2D eigenvalue weighted by molar-refractivity contribution is 8.23. The van der Waals surface area contributed by atoms with Crippen molar-refractivity contribution in [2.75, 3.05) is 24.4 Å². The standard InChI is InChI=1S/C23H31FN4O4S/c1-16-12-23(15-26(2)33(30,31)28(23)19-5-3-4-17(24)10-19)8-9-27(16)14-18-11-22(21(29)13-25-18)32-20-6-7-20/h3-5,10-11,13,16,20,29-31H,6-9,12,14-15H2,1-2H3/t16-,23+/m0/s1. The molecule has 1 aromatic carbocycles. The highest BCUT2D eigenvalue weighted by Gasteiger charge is 2.55. The van der Waals surface area contributed by atoms with Crippen LogP contribution in [0, 0.1) is 5.82 Å². The van der Waals surface area contributed by atoms with Crippen molar-refractivity contribution in [1.29, 1.82) is 0 Å². The van der Waals surface area contributed by atoms with Gasteiger partial charge in [-0.3, -0.25) is 23.3 Å². The van der Waals surface area contributed by atoms with Crippen molar-refractivity contribution in [3.63, 3.8) is 0 Å². The summed E-state index contributed by atoms with van der Waals surface area (Å²) >= 11 is 0. The second-order valence-electron chi connectivity index (χ2n) is 9.51. The van der Waals surface area contributed by atoms with Gasteiger partial charge in [-0.05, 0) is 50.8 Å². The highest BCUT2D eigenvalue weighted by atomic mass is 32.3. The molecule has 5 rings (SSSR count). The largest absolute Gasteiger partial charge is 0.503 e. The number of rotatable bonds is 5. The molecular formula is C23H31FN4O4S. The molecule has 0 amide bonds. The van der Waals surface area contributed by atoms with E-state index in [4.69, 9.17) is 4.74 Å². The van der Waals surface area contributed by atoms with Crippen LogP contribution >= 0.6 is 11.0 Å². The highest BCUT2D eigenvalue weighted by Crippen LogP contribution is 2.61. The molecule has 1 saturated carbocycles. The van der Waals surface area contributed by atoms with Gasteiger partial charge in [0, 0.05) is 38.8 Å². The number of hydrogen-bond donors (Lipinski definition) is 3. The van der Waals surface area contributed by atoms with Crippen LogP contribution in [0.2, 0.25) is 0 Å². The minimum Gasteiger partial charge on any atom is -0.503 e. The van der Waals surface area contributed by atoms with Crippen molar-refractivity contribution >= 4 is 16.6 Å². The molecule has 180 valence electrons. The van der Waals surface area contributed by atoms with Gasteiger partial charge >= 0.3 is 0 Å². The summed E-state index contributed by atoms with van der Waals surface area (Å²) in [5, 5.41) is 10.1. The maximum Gasteiger partial charge on any atom is 0.176 e. The third kappa shape index (κ3) is 4.26. The number of hydrogen-bond acceptors (Lipinski definition) is 8. The lowest BCUT2D eigenvalue weighted by atomic mass is 9.83. The van der Waals surface area contributed by atoms with Crippen LogP contribution in [0.1, 0.15) is 38.3 Å². The van der Waals surface area contributed by atoms with E-state index in [0.717, 1.165) is 25.1 Å². The lowest BCUT2D eigenvalue weighted by Gasteiger charge is -2.51. The molecule has 10 heteroatoms. The van der Waals surface area contributed by atoms with Gasteiger partial charge in [0.25, 0.3) is 0 Å². The monoisotopic (exact) mass is 478 g/mol. The first-order valence-corrected chi connectivity index (χ1v) is 12.8. The van der Waals surface area contributed by atoms with Crippen LogP contribution in [0.5, 0.6) is 11.5 Å². The Morgan fingerprint density at radius 2 is 2.06 bits per heavy atom. The van der Waals surface area contributed by atoms with Crippen LogP contribution < -0.4 is 9.04 Å². The number of aromatic nitrogens is 1. The molecule has 2 saturated heterocycles. The summed E-state index contributed by atoms with van der Waals surface area (Å²) in [6.07, 6.45) is 5.03. The maximum absolute atomic E-state index is 14.0. The first-order chi connectivity index (χ1) is 15.7. The van der Waals surface area contributed by atoms with Crippen molar-refractivity contribution in [3.05, 3.63) is 48.0 Å². The lowest BCUT2D eigenvalue weighted by Crippen LogP contribution is -2.57. The van der Waals surface area contributed by atoms with Crippen LogP contribution in [0.15, 0.2) is 36.5 Å². The molecule has 1 aliphatic carbocycles. The van der Waals surface area contributed by atoms with Gasteiger partial charge < -0.3 is 9.84 Å². The molecule has 33 heavy (non-hydrogen) atoms. The molecule has 1 spiro atoms. The number of benzene rings is 1. The van der Waals surface area contributed by atoms with Crippen LogP contribution in [-0.4, -0.2) is 66.2 Å². The van der Waals surface area contributed by atoms with Gasteiger partial charge in [0.2, 0.25) is 0 Å². The zero-order valence-corrected chi connectivity index (χ0v) is 19.7. The summed E-state index contributed by atoms with van der Waals surface area (Å²) < 4.78 is 45.1. The summed E-state index contributed by atoms with van der Waals surface area (Å²) in [4.78, 5) is 6.69. The normalized spacial score (nSPS) is 28.9. The van der Waals surface area contributed by atoms with Crippen molar-refractivity contribution in [3.8, 4) is 11.5 Å². The fraction of sp³-hybridized carbons (Fsp3) is 0.522. The topological polar surface area (TPSA) is 92.5 Å². The van der Waals surface area contributed by atoms with E-state index in [2.05, 4.69) is 16.8 Å². The Bertz CT molecular complexity index is 1040. The Morgan fingerprint density at radius 3 is 2.76 bits per heavy atom. The van der Waals surface area contributed by atoms with Gasteiger partial charge in [0.1, 0.15) is 5.82 Å². The third-order valence-corrected chi connectivity index (χ3v) is 8.96. The zero-order valence-electron chi connectivity index (χ0n) is 18.9. The van der Waals surface area contributed by atoms with Gasteiger partial charge in [-0.1, -0.05) is 17.0 Å². The number of likely N-dealkylation sites (tertiary alicyclic amines) is 1. The predicted molar refractivity (Wildman–Crippen MR) is 126 cm³/mol. The minimum absolute atomic E-state index is 0.0567. The van der Waals surface area contributed by atoms with Crippen molar-refractivity contribution in [2.45, 2.75) is 56.8 Å². The molecular weight excluding hydrogens is 447 g/mol. The smallest absolute Gasteiger partial charge is 0.176 e. The van der Waals surface area contributed by atoms with E-state index in [1.807, 2.05) is 6.07 Å². The van der Waals surface area contributed by atoms with E-state index in [1.54, 1.807) is 27.8 Å². The molecule has 3 N–H and O–H groups in total. The minimum atomic E-state index is -3.23. The van der Waals surface area contributed by atoms with E-state index in [1.165, 1.54) is 18.3 Å². The van der Waals surface area contributed by atoms with Crippen LogP contribution in [0.25, 0.3) is 0 Å². The third-order valence-electron chi connectivity index (χ3n) is 6.90. The van der Waals surface area contributed by atoms with Crippen LogP contribution in [0.4, 0.5) is 10.1 Å². The average Bonchev–Trinajstić information content (AvgIpc) is 3.53. The number of piperidine rings is 1. The zero-order chi connectivity index (χ0) is 23.4. The molecule has 2 atom stereocenters. The van der Waals surface area contributed by atoms with E-state index in [9.17, 15) is 18.6 Å². The first kappa shape index (κ1) is 22.7. The Kier molecular flexibility index (Phi) is 5.69. The quantitative estimate of drug-likeness (QED) is 0.588. The van der Waals surface area contributed by atoms with Gasteiger partial charge in [-0.15, -0.1) is 0 Å². The Morgan fingerprint density at radius 1 is 1.27 bits per heavy atom. The number of nitrogens with zero attached hydrogens (tertiary/aromatic N) is 4. The van der Waals surface area contributed by atoms with Gasteiger partial charge in [-0.2, -0.15) is 4.31 Å². The van der Waals surface area contributed by atoms with Crippen molar-refractivity contribution < 1.29 is 23.3 Å². The number of aromatic hydroxyl groups is 1. The predicted octanol–water partition coefficient (Wildman–Crippen LogP) is 4.22. The fourth-order valence-corrected chi connectivity index (χ4v) is 6.95. The van der Waals surface area contributed by atoms with Gasteiger partial charge in [0.05, 0.1) is 29.2 Å². The Balaban J connectivity index is 1.35.